The van der Waals surface area contributed by atoms with E-state index in [1.54, 1.807) is 0 Å². The molecular weight excluding hydrogens is 230 g/mol. The Morgan fingerprint density at radius 1 is 1.23 bits per heavy atom. The van der Waals surface area contributed by atoms with E-state index in [0.717, 1.165) is 29.4 Å². The maximum Gasteiger partial charge on any atom is 0.0617 e. The van der Waals surface area contributed by atoms with Gasteiger partial charge in [-0.25, -0.2) is 0 Å². The highest BCUT2D eigenvalue weighted by atomic mass is 79.9. The molecule has 0 radical (unpaired) electrons. The summed E-state index contributed by atoms with van der Waals surface area (Å²) < 4.78 is 1.12. The number of rotatable bonds is 0. The van der Waals surface area contributed by atoms with Crippen molar-refractivity contribution in [1.29, 1.82) is 0 Å². The molecule has 0 amide bonds. The summed E-state index contributed by atoms with van der Waals surface area (Å²) in [5.41, 5.74) is 3.53. The molecule has 0 unspecified atom stereocenters. The molecule has 0 fully saturated rings. The van der Waals surface area contributed by atoms with Gasteiger partial charge in [-0.2, -0.15) is 0 Å². The molecule has 0 saturated heterocycles. The van der Waals surface area contributed by atoms with Crippen LogP contribution < -0.4 is 0 Å². The summed E-state index contributed by atoms with van der Waals surface area (Å²) >= 11 is 3.44. The lowest BCUT2D eigenvalue weighted by atomic mass is 9.90. The zero-order valence-corrected chi connectivity index (χ0v) is 8.71. The predicted molar refractivity (Wildman–Crippen MR) is 55.4 cm³/mol. The van der Waals surface area contributed by atoms with Gasteiger partial charge < -0.3 is 5.21 Å². The number of hydrogen-bond acceptors (Lipinski definition) is 2. The van der Waals surface area contributed by atoms with E-state index in [9.17, 15) is 0 Å². The monoisotopic (exact) mass is 239 g/mol. The molecule has 68 valence electrons. The maximum atomic E-state index is 8.65. The van der Waals surface area contributed by atoms with Gasteiger partial charge in [0.05, 0.1) is 5.71 Å². The van der Waals surface area contributed by atoms with Crippen LogP contribution in [0.5, 0.6) is 0 Å². The van der Waals surface area contributed by atoms with Crippen molar-refractivity contribution in [3.63, 3.8) is 0 Å². The van der Waals surface area contributed by atoms with Crippen LogP contribution >= 0.6 is 15.9 Å². The van der Waals surface area contributed by atoms with E-state index >= 15 is 0 Å². The van der Waals surface area contributed by atoms with Crippen LogP contribution in [-0.4, -0.2) is 10.9 Å². The summed E-state index contributed by atoms with van der Waals surface area (Å²) in [5, 5.41) is 11.9. The fourth-order valence-corrected chi connectivity index (χ4v) is 2.08. The number of aryl methyl sites for hydroxylation is 1. The van der Waals surface area contributed by atoms with Crippen molar-refractivity contribution < 1.29 is 5.21 Å². The van der Waals surface area contributed by atoms with Crippen molar-refractivity contribution in [2.45, 2.75) is 19.3 Å². The van der Waals surface area contributed by atoms with Gasteiger partial charge in [-0.15, -0.1) is 0 Å². The summed E-state index contributed by atoms with van der Waals surface area (Å²) in [6.07, 6.45) is 2.65. The number of nitrogens with zero attached hydrogens (tertiary/aromatic N) is 1. The molecule has 1 aromatic carbocycles. The molecule has 1 N–H and O–H groups in total. The zero-order chi connectivity index (χ0) is 9.26. The average molecular weight is 240 g/mol. The van der Waals surface area contributed by atoms with Gasteiger partial charge in [0.15, 0.2) is 0 Å². The van der Waals surface area contributed by atoms with E-state index in [4.69, 9.17) is 5.21 Å². The summed E-state index contributed by atoms with van der Waals surface area (Å²) in [7, 11) is 0. The van der Waals surface area contributed by atoms with Gasteiger partial charge in [-0.3, -0.25) is 0 Å². The van der Waals surface area contributed by atoms with Crippen LogP contribution in [0.4, 0.5) is 0 Å². The van der Waals surface area contributed by atoms with E-state index in [0.29, 0.717) is 0 Å². The van der Waals surface area contributed by atoms with Gasteiger partial charge in [0.2, 0.25) is 0 Å². The van der Waals surface area contributed by atoms with Crippen molar-refractivity contribution in [2.75, 3.05) is 0 Å². The Balaban J connectivity index is 2.37. The molecule has 0 atom stereocenters. The second-order valence-corrected chi connectivity index (χ2v) is 4.17. The topological polar surface area (TPSA) is 32.6 Å². The van der Waals surface area contributed by atoms with E-state index < -0.39 is 0 Å². The molecular formula is C10H10BrNO. The molecule has 0 aliphatic heterocycles. The Hall–Kier alpha value is -0.830. The van der Waals surface area contributed by atoms with Crippen molar-refractivity contribution in [2.24, 2.45) is 5.16 Å². The van der Waals surface area contributed by atoms with Gasteiger partial charge in [0.25, 0.3) is 0 Å². The molecule has 0 spiro atoms. The molecule has 1 aliphatic rings. The smallest absolute Gasteiger partial charge is 0.0617 e. The van der Waals surface area contributed by atoms with Gasteiger partial charge in [0, 0.05) is 10.9 Å². The van der Waals surface area contributed by atoms with Gasteiger partial charge in [-0.1, -0.05) is 27.2 Å². The summed E-state index contributed by atoms with van der Waals surface area (Å²) in [4.78, 5) is 0. The number of fused-ring (bicyclic) bond motifs is 1. The van der Waals surface area contributed by atoms with Crippen LogP contribution in [0.1, 0.15) is 17.5 Å². The molecule has 2 rings (SSSR count). The first kappa shape index (κ1) is 8.75. The fraction of sp³-hybridized carbons (Fsp3) is 0.300. The van der Waals surface area contributed by atoms with E-state index in [-0.39, 0.29) is 0 Å². The highest BCUT2D eigenvalue weighted by Crippen LogP contribution is 2.23. The predicted octanol–water partition coefficient (Wildman–Crippen LogP) is 2.77. The van der Waals surface area contributed by atoms with E-state index in [1.807, 2.05) is 6.07 Å². The Labute approximate surface area is 85.4 Å². The van der Waals surface area contributed by atoms with Crippen LogP contribution in [0, 0.1) is 0 Å². The normalized spacial score (nSPS) is 18.7. The lowest BCUT2D eigenvalue weighted by molar-refractivity contribution is 0.316. The van der Waals surface area contributed by atoms with Gasteiger partial charge in [-0.05, 0) is 36.1 Å². The Morgan fingerprint density at radius 2 is 2.08 bits per heavy atom. The Kier molecular flexibility index (Phi) is 2.36. The first-order valence-electron chi connectivity index (χ1n) is 4.26. The lowest BCUT2D eigenvalue weighted by Gasteiger charge is -2.16. The third-order valence-corrected chi connectivity index (χ3v) is 2.88. The SMILES string of the molecule is O/N=C1/CCc2cc(Br)ccc2C1. The number of benzene rings is 1. The minimum atomic E-state index is 0.791. The minimum Gasteiger partial charge on any atom is -0.411 e. The molecule has 3 heteroatoms. The first-order valence-corrected chi connectivity index (χ1v) is 5.06. The highest BCUT2D eigenvalue weighted by molar-refractivity contribution is 9.10. The third kappa shape index (κ3) is 1.75. The van der Waals surface area contributed by atoms with Crippen LogP contribution in [-0.2, 0) is 12.8 Å². The molecule has 0 heterocycles. The Bertz CT molecular complexity index is 360. The minimum absolute atomic E-state index is 0.791. The summed E-state index contributed by atoms with van der Waals surface area (Å²) in [6, 6.07) is 6.26. The molecule has 0 bridgehead atoms. The first-order chi connectivity index (χ1) is 6.29. The average Bonchev–Trinajstić information content (AvgIpc) is 2.17. The van der Waals surface area contributed by atoms with Gasteiger partial charge in [0.1, 0.15) is 0 Å². The van der Waals surface area contributed by atoms with E-state index in [1.165, 1.54) is 11.1 Å². The van der Waals surface area contributed by atoms with Crippen LogP contribution in [0.15, 0.2) is 27.8 Å². The second-order valence-electron chi connectivity index (χ2n) is 3.26. The van der Waals surface area contributed by atoms with Crippen molar-refractivity contribution in [3.8, 4) is 0 Å². The largest absolute Gasteiger partial charge is 0.411 e. The zero-order valence-electron chi connectivity index (χ0n) is 7.13. The van der Waals surface area contributed by atoms with Crippen LogP contribution in [0.3, 0.4) is 0 Å². The van der Waals surface area contributed by atoms with Gasteiger partial charge >= 0.3 is 0 Å². The van der Waals surface area contributed by atoms with Crippen molar-refractivity contribution in [1.82, 2.24) is 0 Å². The van der Waals surface area contributed by atoms with Crippen molar-refractivity contribution >= 4 is 21.6 Å². The third-order valence-electron chi connectivity index (χ3n) is 2.39. The molecule has 13 heavy (non-hydrogen) atoms. The summed E-state index contributed by atoms with van der Waals surface area (Å²) in [6.45, 7) is 0. The Morgan fingerprint density at radius 3 is 2.85 bits per heavy atom. The maximum absolute atomic E-state index is 8.65. The molecule has 0 saturated carbocycles. The van der Waals surface area contributed by atoms with E-state index in [2.05, 4.69) is 33.2 Å². The molecule has 2 nitrogen and oxygen atoms in total. The molecule has 1 aromatic rings. The number of oxime groups is 1. The second kappa shape index (κ2) is 3.50. The molecule has 0 aromatic heterocycles. The lowest BCUT2D eigenvalue weighted by Crippen LogP contribution is -2.13. The standard InChI is InChI=1S/C10H10BrNO/c11-9-3-1-8-6-10(12-13)4-2-7(8)5-9/h1,3,5,13H,2,4,6H2/b12-10-. The van der Waals surface area contributed by atoms with Crippen LogP contribution in [0.2, 0.25) is 0 Å². The quantitative estimate of drug-likeness (QED) is 0.548. The highest BCUT2D eigenvalue weighted by Gasteiger charge is 2.14. The number of hydrogen-bond donors (Lipinski definition) is 1. The summed E-state index contributed by atoms with van der Waals surface area (Å²) in [5.74, 6) is 0. The van der Waals surface area contributed by atoms with Crippen molar-refractivity contribution in [3.05, 3.63) is 33.8 Å². The fourth-order valence-electron chi connectivity index (χ4n) is 1.67. The molecule has 1 aliphatic carbocycles. The number of halogens is 1. The van der Waals surface area contributed by atoms with Crippen LogP contribution in [0.25, 0.3) is 0 Å².